The summed E-state index contributed by atoms with van der Waals surface area (Å²) in [6, 6.07) is 22.2. The average molecular weight is 398 g/mol. The molecule has 0 saturated carbocycles. The molecule has 0 aliphatic rings. The molecule has 2 aromatic heterocycles. The predicted octanol–water partition coefficient (Wildman–Crippen LogP) is 3.79. The summed E-state index contributed by atoms with van der Waals surface area (Å²) >= 11 is 0. The fourth-order valence-corrected chi connectivity index (χ4v) is 3.55. The van der Waals surface area contributed by atoms with E-state index in [1.807, 2.05) is 60.7 Å². The second-order valence-corrected chi connectivity index (χ2v) is 7.03. The Labute approximate surface area is 171 Å². The van der Waals surface area contributed by atoms with Gasteiger partial charge in [-0.25, -0.2) is 9.78 Å². The number of nitrogens with one attached hydrogen (secondary N) is 1. The molecule has 0 atom stereocenters. The number of aromatic nitrogens is 3. The van der Waals surface area contributed by atoms with Crippen molar-refractivity contribution in [2.45, 2.75) is 6.54 Å². The number of anilines is 1. The molecule has 7 nitrogen and oxygen atoms in total. The van der Waals surface area contributed by atoms with Crippen molar-refractivity contribution in [3.8, 4) is 11.5 Å². The number of amides is 1. The van der Waals surface area contributed by atoms with Gasteiger partial charge in [0.05, 0.1) is 11.0 Å². The molecule has 0 fully saturated rings. The van der Waals surface area contributed by atoms with Crippen LogP contribution in [0.25, 0.3) is 33.6 Å². The Morgan fingerprint density at radius 1 is 0.967 bits per heavy atom. The van der Waals surface area contributed by atoms with Crippen molar-refractivity contribution in [1.82, 2.24) is 14.1 Å². The molecule has 148 valence electrons. The minimum absolute atomic E-state index is 0.0624. The summed E-state index contributed by atoms with van der Waals surface area (Å²) in [5, 5.41) is 2.84. The molecule has 0 aliphatic heterocycles. The fourth-order valence-electron chi connectivity index (χ4n) is 3.55. The van der Waals surface area contributed by atoms with Gasteiger partial charge in [-0.05, 0) is 48.5 Å². The summed E-state index contributed by atoms with van der Waals surface area (Å²) in [4.78, 5) is 29.5. The number of nitrogens with zero attached hydrogens (tertiary/aromatic N) is 3. The van der Waals surface area contributed by atoms with Gasteiger partial charge in [-0.2, -0.15) is 0 Å². The van der Waals surface area contributed by atoms with E-state index in [2.05, 4.69) is 10.3 Å². The van der Waals surface area contributed by atoms with E-state index in [0.29, 0.717) is 11.6 Å². The van der Waals surface area contributed by atoms with E-state index in [-0.39, 0.29) is 18.1 Å². The third-order valence-corrected chi connectivity index (χ3v) is 5.06. The number of oxazole rings is 1. The number of aryl methyl sites for hydroxylation is 1. The highest BCUT2D eigenvalue weighted by Gasteiger charge is 2.14. The Morgan fingerprint density at radius 2 is 1.67 bits per heavy atom. The highest BCUT2D eigenvalue weighted by atomic mass is 16.3. The van der Waals surface area contributed by atoms with Crippen LogP contribution in [0.1, 0.15) is 0 Å². The number of hydrogen-bond donors (Lipinski definition) is 1. The highest BCUT2D eigenvalue weighted by Crippen LogP contribution is 2.25. The molecular formula is C23H18N4O3. The van der Waals surface area contributed by atoms with E-state index in [0.717, 1.165) is 27.7 Å². The normalized spacial score (nSPS) is 11.2. The monoisotopic (exact) mass is 398 g/mol. The molecule has 5 aromatic rings. The minimum atomic E-state index is -0.275. The third kappa shape index (κ3) is 3.06. The molecule has 0 bridgehead atoms. The smallest absolute Gasteiger partial charge is 0.329 e. The van der Waals surface area contributed by atoms with Crippen LogP contribution in [0.15, 0.2) is 82.0 Å². The number of carbonyl (C=O) groups excluding carboxylic acids is 1. The van der Waals surface area contributed by atoms with E-state index >= 15 is 0 Å². The van der Waals surface area contributed by atoms with Crippen molar-refractivity contribution in [1.29, 1.82) is 0 Å². The Hall–Kier alpha value is -4.13. The summed E-state index contributed by atoms with van der Waals surface area (Å²) in [6.07, 6.45) is 0. The summed E-state index contributed by atoms with van der Waals surface area (Å²) in [5.41, 5.74) is 4.26. The lowest BCUT2D eigenvalue weighted by molar-refractivity contribution is -0.116. The van der Waals surface area contributed by atoms with Gasteiger partial charge < -0.3 is 9.73 Å². The van der Waals surface area contributed by atoms with Crippen LogP contribution < -0.4 is 11.0 Å². The van der Waals surface area contributed by atoms with Crippen LogP contribution in [0, 0.1) is 0 Å². The molecule has 1 amide bonds. The molecule has 30 heavy (non-hydrogen) atoms. The molecule has 0 unspecified atom stereocenters. The Balaban J connectivity index is 1.35. The Bertz CT molecular complexity index is 1410. The molecular weight excluding hydrogens is 380 g/mol. The van der Waals surface area contributed by atoms with E-state index in [4.69, 9.17) is 4.42 Å². The molecule has 0 aliphatic carbocycles. The maximum absolute atomic E-state index is 12.5. The van der Waals surface area contributed by atoms with Crippen molar-refractivity contribution < 1.29 is 9.21 Å². The molecule has 3 aromatic carbocycles. The zero-order valence-corrected chi connectivity index (χ0v) is 16.2. The van der Waals surface area contributed by atoms with Crippen molar-refractivity contribution >= 4 is 33.7 Å². The van der Waals surface area contributed by atoms with Crippen molar-refractivity contribution in [2.24, 2.45) is 7.05 Å². The predicted molar refractivity (Wildman–Crippen MR) is 115 cm³/mol. The summed E-state index contributed by atoms with van der Waals surface area (Å²) < 4.78 is 8.78. The third-order valence-electron chi connectivity index (χ3n) is 5.06. The van der Waals surface area contributed by atoms with Gasteiger partial charge in [-0.3, -0.25) is 13.9 Å². The van der Waals surface area contributed by atoms with Gasteiger partial charge >= 0.3 is 5.69 Å². The maximum atomic E-state index is 12.5. The van der Waals surface area contributed by atoms with Gasteiger partial charge in [-0.15, -0.1) is 0 Å². The van der Waals surface area contributed by atoms with Crippen LogP contribution in [0.2, 0.25) is 0 Å². The minimum Gasteiger partial charge on any atom is -0.436 e. The number of para-hydroxylation sites is 4. The first-order valence-corrected chi connectivity index (χ1v) is 9.50. The molecule has 0 spiro atoms. The number of imidazole rings is 1. The number of carbonyl (C=O) groups is 1. The maximum Gasteiger partial charge on any atom is 0.329 e. The molecule has 7 heteroatoms. The SMILES string of the molecule is Cn1c(=O)n(CC(=O)Nc2ccc(-c3nc4ccccc4o3)cc2)c2ccccc21. The van der Waals surface area contributed by atoms with Gasteiger partial charge in [0.2, 0.25) is 11.8 Å². The van der Waals surface area contributed by atoms with Crippen molar-refractivity contribution in [2.75, 3.05) is 5.32 Å². The van der Waals surface area contributed by atoms with Crippen LogP contribution in [0.5, 0.6) is 0 Å². The fraction of sp³-hybridized carbons (Fsp3) is 0.0870. The lowest BCUT2D eigenvalue weighted by atomic mass is 10.2. The first-order valence-electron chi connectivity index (χ1n) is 9.50. The van der Waals surface area contributed by atoms with Gasteiger partial charge in [0.15, 0.2) is 5.58 Å². The number of rotatable bonds is 4. The van der Waals surface area contributed by atoms with Crippen LogP contribution in [-0.2, 0) is 18.4 Å². The molecule has 5 rings (SSSR count). The van der Waals surface area contributed by atoms with Crippen LogP contribution >= 0.6 is 0 Å². The second kappa shape index (κ2) is 7.04. The average Bonchev–Trinajstić information content (AvgIpc) is 3.30. The molecule has 2 heterocycles. The Morgan fingerprint density at radius 3 is 2.43 bits per heavy atom. The van der Waals surface area contributed by atoms with Gasteiger partial charge in [0.25, 0.3) is 0 Å². The lowest BCUT2D eigenvalue weighted by Crippen LogP contribution is -2.28. The van der Waals surface area contributed by atoms with Crippen molar-refractivity contribution in [3.63, 3.8) is 0 Å². The zero-order chi connectivity index (χ0) is 20.7. The number of hydrogen-bond acceptors (Lipinski definition) is 4. The molecule has 0 radical (unpaired) electrons. The summed E-state index contributed by atoms with van der Waals surface area (Å²) in [6.45, 7) is -0.0624. The summed E-state index contributed by atoms with van der Waals surface area (Å²) in [7, 11) is 1.70. The van der Waals surface area contributed by atoms with E-state index in [1.54, 1.807) is 19.2 Å². The van der Waals surface area contributed by atoms with Crippen LogP contribution in [-0.4, -0.2) is 20.0 Å². The topological polar surface area (TPSA) is 82.1 Å². The summed E-state index contributed by atoms with van der Waals surface area (Å²) in [5.74, 6) is 0.249. The second-order valence-electron chi connectivity index (χ2n) is 7.03. The van der Waals surface area contributed by atoms with Gasteiger partial charge in [-0.1, -0.05) is 24.3 Å². The first kappa shape index (κ1) is 17.9. The Kier molecular flexibility index (Phi) is 4.21. The number of fused-ring (bicyclic) bond motifs is 2. The van der Waals surface area contributed by atoms with E-state index in [9.17, 15) is 9.59 Å². The van der Waals surface area contributed by atoms with Crippen LogP contribution in [0.3, 0.4) is 0 Å². The number of benzene rings is 3. The molecule has 0 saturated heterocycles. The quantitative estimate of drug-likeness (QED) is 0.499. The zero-order valence-electron chi connectivity index (χ0n) is 16.2. The van der Waals surface area contributed by atoms with Crippen molar-refractivity contribution in [3.05, 3.63) is 83.3 Å². The standard InChI is InChI=1S/C23H18N4O3/c1-26-18-7-3-4-8-19(18)27(23(26)29)14-21(28)24-16-12-10-15(11-13-16)22-25-17-6-2-5-9-20(17)30-22/h2-13H,14H2,1H3,(H,24,28). The lowest BCUT2D eigenvalue weighted by Gasteiger charge is -2.07. The largest absolute Gasteiger partial charge is 0.436 e. The van der Waals surface area contributed by atoms with Gasteiger partial charge in [0.1, 0.15) is 12.1 Å². The van der Waals surface area contributed by atoms with Crippen LogP contribution in [0.4, 0.5) is 5.69 Å². The molecule has 1 N–H and O–H groups in total. The van der Waals surface area contributed by atoms with Gasteiger partial charge in [0, 0.05) is 18.3 Å². The highest BCUT2D eigenvalue weighted by molar-refractivity contribution is 5.92. The van der Waals surface area contributed by atoms with E-state index < -0.39 is 0 Å². The first-order chi connectivity index (χ1) is 14.6. The van der Waals surface area contributed by atoms with E-state index in [1.165, 1.54) is 9.13 Å².